The van der Waals surface area contributed by atoms with E-state index in [2.05, 4.69) is 110 Å². The number of H-pyrrole nitrogens is 2. The van der Waals surface area contributed by atoms with Gasteiger partial charge in [-0.05, 0) is 54.1 Å². The number of rotatable bonds is 2. The Balaban J connectivity index is 1.56. The first kappa shape index (κ1) is 25.0. The quantitative estimate of drug-likeness (QED) is 0.245. The summed E-state index contributed by atoms with van der Waals surface area (Å²) in [5.41, 5.74) is 10.8. The average molecular weight is 531 g/mol. The zero-order valence-corrected chi connectivity index (χ0v) is 23.4. The predicted octanol–water partition coefficient (Wildman–Crippen LogP) is 7.74. The molecule has 40 heavy (non-hydrogen) atoms. The van der Waals surface area contributed by atoms with Crippen LogP contribution in [-0.4, -0.2) is 33.1 Å². The maximum absolute atomic E-state index is 6.31. The van der Waals surface area contributed by atoms with E-state index in [1.807, 2.05) is 6.07 Å². The Bertz CT molecular complexity index is 1780. The van der Waals surface area contributed by atoms with Crippen LogP contribution in [0.2, 0.25) is 0 Å². The molecule has 0 spiro atoms. The lowest BCUT2D eigenvalue weighted by Crippen LogP contribution is -2.34. The van der Waals surface area contributed by atoms with Crippen molar-refractivity contribution in [2.75, 3.05) is 13.2 Å². The van der Waals surface area contributed by atoms with Crippen molar-refractivity contribution in [1.82, 2.24) is 19.9 Å². The van der Waals surface area contributed by atoms with E-state index >= 15 is 0 Å². The van der Waals surface area contributed by atoms with E-state index in [0.29, 0.717) is 13.2 Å². The van der Waals surface area contributed by atoms with Crippen molar-refractivity contribution in [3.8, 4) is 11.1 Å². The van der Waals surface area contributed by atoms with Crippen LogP contribution in [0, 0.1) is 5.41 Å². The Morgan fingerprint density at radius 2 is 1.43 bits per heavy atom. The van der Waals surface area contributed by atoms with Gasteiger partial charge in [0, 0.05) is 56.3 Å². The Hall–Kier alpha value is -4.00. The predicted molar refractivity (Wildman–Crippen MR) is 161 cm³/mol. The molecule has 1 fully saturated rings. The molecule has 0 unspecified atom stereocenters. The first-order valence-electron chi connectivity index (χ1n) is 13.9. The second-order valence-electron chi connectivity index (χ2n) is 12.5. The highest BCUT2D eigenvalue weighted by Crippen LogP contribution is 2.37. The van der Waals surface area contributed by atoms with E-state index in [1.165, 1.54) is 0 Å². The third kappa shape index (κ3) is 4.57. The van der Waals surface area contributed by atoms with Gasteiger partial charge in [0.05, 0.1) is 30.2 Å². The maximum Gasteiger partial charge on any atom is 0.187 e. The van der Waals surface area contributed by atoms with Crippen LogP contribution in [-0.2, 0) is 21.3 Å². The van der Waals surface area contributed by atoms with Crippen molar-refractivity contribution in [1.29, 1.82) is 0 Å². The molecule has 2 N–H and O–H groups in total. The van der Waals surface area contributed by atoms with Crippen LogP contribution in [0.3, 0.4) is 0 Å². The molecular weight excluding hydrogens is 496 g/mol. The van der Waals surface area contributed by atoms with Gasteiger partial charge in [-0.2, -0.15) is 0 Å². The minimum Gasteiger partial charge on any atom is -0.355 e. The number of nitrogens with one attached hydrogen (secondary N) is 2. The molecule has 6 heterocycles. The minimum atomic E-state index is -0.520. The van der Waals surface area contributed by atoms with Crippen LogP contribution in [0.25, 0.3) is 45.3 Å². The molecule has 0 aliphatic carbocycles. The number of fused-ring (bicyclic) bond motifs is 8. The van der Waals surface area contributed by atoms with Gasteiger partial charge in [-0.3, -0.25) is 4.98 Å². The molecule has 0 radical (unpaired) electrons. The number of nitrogens with zero attached hydrogens (tertiary/aromatic N) is 2. The summed E-state index contributed by atoms with van der Waals surface area (Å²) in [6.45, 7) is 10.0. The van der Waals surface area contributed by atoms with E-state index < -0.39 is 6.29 Å². The third-order valence-corrected chi connectivity index (χ3v) is 7.89. The van der Waals surface area contributed by atoms with Crippen molar-refractivity contribution in [2.24, 2.45) is 5.41 Å². The Morgan fingerprint density at radius 3 is 2.20 bits per heavy atom. The normalized spacial score (nSPS) is 18.2. The summed E-state index contributed by atoms with van der Waals surface area (Å²) in [5, 5.41) is 0. The van der Waals surface area contributed by atoms with Crippen molar-refractivity contribution >= 4 is 34.2 Å². The first-order chi connectivity index (χ1) is 19.2. The molecule has 6 nitrogen and oxygen atoms in total. The topological polar surface area (TPSA) is 75.8 Å². The molecular formula is C34H34N4O2. The molecule has 0 atom stereocenters. The lowest BCUT2D eigenvalue weighted by atomic mass is 9.87. The summed E-state index contributed by atoms with van der Waals surface area (Å²) in [7, 11) is 0. The summed E-state index contributed by atoms with van der Waals surface area (Å²) >= 11 is 0. The lowest BCUT2D eigenvalue weighted by molar-refractivity contribution is -0.225. The Labute approximate surface area is 234 Å². The minimum absolute atomic E-state index is 0.0361. The highest BCUT2D eigenvalue weighted by atomic mass is 16.7. The van der Waals surface area contributed by atoms with Gasteiger partial charge in [0.2, 0.25) is 0 Å². The number of benzene rings is 1. The maximum atomic E-state index is 6.31. The molecule has 7 rings (SSSR count). The zero-order valence-electron chi connectivity index (χ0n) is 23.4. The van der Waals surface area contributed by atoms with Gasteiger partial charge in [-0.15, -0.1) is 0 Å². The molecule has 3 aliphatic heterocycles. The SMILES string of the molecule is CC1(C)COC(c2c3nc(c(-c4ccccc4)c4ccc(cc5nc(cc6ccc2[nH]6)C(C)(C)C5)[nH]4)C=C3)OC1. The Kier molecular flexibility index (Phi) is 5.81. The molecule has 0 saturated carbocycles. The van der Waals surface area contributed by atoms with Gasteiger partial charge < -0.3 is 19.4 Å². The summed E-state index contributed by atoms with van der Waals surface area (Å²) in [4.78, 5) is 17.5. The van der Waals surface area contributed by atoms with Crippen LogP contribution < -0.4 is 0 Å². The molecule has 1 aromatic carbocycles. The van der Waals surface area contributed by atoms with E-state index in [1.54, 1.807) is 0 Å². The van der Waals surface area contributed by atoms with Crippen LogP contribution in [0.15, 0.2) is 66.7 Å². The molecule has 0 amide bonds. The van der Waals surface area contributed by atoms with Crippen molar-refractivity contribution in [3.63, 3.8) is 0 Å². The van der Waals surface area contributed by atoms with E-state index in [0.717, 1.165) is 68.0 Å². The van der Waals surface area contributed by atoms with Crippen molar-refractivity contribution in [3.05, 3.63) is 95.1 Å². The summed E-state index contributed by atoms with van der Waals surface area (Å²) < 4.78 is 12.6. The van der Waals surface area contributed by atoms with Crippen LogP contribution >= 0.6 is 0 Å². The molecule has 6 heteroatoms. The second-order valence-corrected chi connectivity index (χ2v) is 12.5. The standard InChI is InChI=1S/C34H34N4O2/c1-33(2)19-39-32(40-20-33)31-27-13-11-23(36-27)17-29-34(3,4)18-24(37-29)16-22-10-12-25(35-22)30(21-8-6-5-7-9-21)26-14-15-28(31)38-26/h5-17,32,35-36H,18-20H2,1-4H3. The van der Waals surface area contributed by atoms with Gasteiger partial charge in [0.25, 0.3) is 0 Å². The van der Waals surface area contributed by atoms with E-state index in [4.69, 9.17) is 19.4 Å². The summed E-state index contributed by atoms with van der Waals surface area (Å²) in [6.07, 6.45) is 4.52. The van der Waals surface area contributed by atoms with Crippen molar-refractivity contribution < 1.29 is 9.47 Å². The average Bonchev–Trinajstić information content (AvgIpc) is 3.71. The molecule has 8 bridgehead atoms. The van der Waals surface area contributed by atoms with Gasteiger partial charge in [0.1, 0.15) is 0 Å². The zero-order chi connectivity index (χ0) is 27.5. The highest BCUT2D eigenvalue weighted by Gasteiger charge is 2.32. The van der Waals surface area contributed by atoms with Gasteiger partial charge in [0.15, 0.2) is 6.29 Å². The molecule has 1 saturated heterocycles. The molecule has 3 aromatic heterocycles. The van der Waals surface area contributed by atoms with Crippen LogP contribution in [0.1, 0.15) is 62.3 Å². The van der Waals surface area contributed by atoms with Crippen LogP contribution in [0.4, 0.5) is 0 Å². The van der Waals surface area contributed by atoms with E-state index in [-0.39, 0.29) is 10.8 Å². The van der Waals surface area contributed by atoms with Gasteiger partial charge >= 0.3 is 0 Å². The second kappa shape index (κ2) is 9.29. The number of hydrogen-bond donors (Lipinski definition) is 2. The lowest BCUT2D eigenvalue weighted by Gasteiger charge is -2.34. The Morgan fingerprint density at radius 1 is 0.750 bits per heavy atom. The molecule has 3 aliphatic rings. The largest absolute Gasteiger partial charge is 0.355 e. The van der Waals surface area contributed by atoms with Crippen LogP contribution in [0.5, 0.6) is 0 Å². The van der Waals surface area contributed by atoms with Gasteiger partial charge in [-0.25, -0.2) is 4.98 Å². The van der Waals surface area contributed by atoms with E-state index in [9.17, 15) is 0 Å². The summed E-state index contributed by atoms with van der Waals surface area (Å²) in [5.74, 6) is 0. The van der Waals surface area contributed by atoms with Crippen molar-refractivity contribution in [2.45, 2.75) is 45.8 Å². The molecule has 202 valence electrons. The monoisotopic (exact) mass is 530 g/mol. The fourth-order valence-corrected chi connectivity index (χ4v) is 5.76. The van der Waals surface area contributed by atoms with Gasteiger partial charge in [-0.1, -0.05) is 58.0 Å². The fourth-order valence-electron chi connectivity index (χ4n) is 5.76. The smallest absolute Gasteiger partial charge is 0.187 e. The number of aromatic amines is 2. The first-order valence-corrected chi connectivity index (χ1v) is 13.9. The number of hydrogen-bond acceptors (Lipinski definition) is 4. The fraction of sp³-hybridized carbons (Fsp3) is 0.294. The number of aromatic nitrogens is 4. The molecule has 4 aromatic rings. The third-order valence-electron chi connectivity index (χ3n) is 7.89. The summed E-state index contributed by atoms with van der Waals surface area (Å²) in [6, 6.07) is 23.2. The number of ether oxygens (including phenoxy) is 2. The highest BCUT2D eigenvalue weighted by molar-refractivity contribution is 5.91.